The Morgan fingerprint density at radius 3 is 2.33 bits per heavy atom. The average Bonchev–Trinajstić information content (AvgIpc) is 2.67. The van der Waals surface area contributed by atoms with E-state index in [1.165, 1.54) is 0 Å². The van der Waals surface area contributed by atoms with Crippen molar-refractivity contribution in [3.05, 3.63) is 24.3 Å². The Labute approximate surface area is 108 Å². The van der Waals surface area contributed by atoms with Gasteiger partial charge in [-0.1, -0.05) is 26.0 Å². The standard InChI is InChI=1S/C10H13N3O2S.C2H6/c1-7(2)16(14,15)13-9-6-4-3-5-8(9)12-10(13)11;1-2/h3-7H,1-2H3,(H2,11,12);1-2H3. The molecule has 0 saturated heterocycles. The molecule has 0 aliphatic carbocycles. The highest BCUT2D eigenvalue weighted by molar-refractivity contribution is 7.90. The first-order chi connectivity index (χ1) is 8.44. The summed E-state index contributed by atoms with van der Waals surface area (Å²) in [6.07, 6.45) is 0. The summed E-state index contributed by atoms with van der Waals surface area (Å²) in [5.41, 5.74) is 6.76. The molecule has 0 aliphatic rings. The second kappa shape index (κ2) is 5.39. The van der Waals surface area contributed by atoms with Gasteiger partial charge in [-0.25, -0.2) is 17.4 Å². The van der Waals surface area contributed by atoms with Crippen LogP contribution < -0.4 is 5.73 Å². The van der Waals surface area contributed by atoms with Gasteiger partial charge in [-0.2, -0.15) is 0 Å². The molecule has 0 amide bonds. The molecule has 0 fully saturated rings. The van der Waals surface area contributed by atoms with Gasteiger partial charge in [-0.05, 0) is 26.0 Å². The van der Waals surface area contributed by atoms with Gasteiger partial charge in [0.1, 0.15) is 0 Å². The van der Waals surface area contributed by atoms with E-state index in [0.717, 1.165) is 3.97 Å². The molecule has 6 heteroatoms. The summed E-state index contributed by atoms with van der Waals surface area (Å²) in [7, 11) is -3.46. The largest absolute Gasteiger partial charge is 0.368 e. The third-order valence-electron chi connectivity index (χ3n) is 2.39. The number of rotatable bonds is 2. The topological polar surface area (TPSA) is 78.0 Å². The van der Waals surface area contributed by atoms with Crippen LogP contribution in [0.5, 0.6) is 0 Å². The molecule has 100 valence electrons. The van der Waals surface area contributed by atoms with E-state index in [1.807, 2.05) is 13.8 Å². The Balaban J connectivity index is 0.000000771. The SMILES string of the molecule is CC.CC(C)S(=O)(=O)n1c(N)nc2ccccc21. The molecule has 0 atom stereocenters. The van der Waals surface area contributed by atoms with E-state index < -0.39 is 15.3 Å². The summed E-state index contributed by atoms with van der Waals surface area (Å²) in [4.78, 5) is 4.02. The van der Waals surface area contributed by atoms with Crippen molar-refractivity contribution in [1.29, 1.82) is 0 Å². The first-order valence-electron chi connectivity index (χ1n) is 5.92. The van der Waals surface area contributed by atoms with E-state index in [-0.39, 0.29) is 5.95 Å². The monoisotopic (exact) mass is 269 g/mol. The Kier molecular flexibility index (Phi) is 4.34. The van der Waals surface area contributed by atoms with Crippen LogP contribution in [-0.2, 0) is 10.0 Å². The normalized spacial score (nSPS) is 11.4. The lowest BCUT2D eigenvalue weighted by Crippen LogP contribution is -2.23. The van der Waals surface area contributed by atoms with Crippen LogP contribution in [0.1, 0.15) is 27.7 Å². The minimum Gasteiger partial charge on any atom is -0.368 e. The van der Waals surface area contributed by atoms with Crippen molar-refractivity contribution in [3.63, 3.8) is 0 Å². The van der Waals surface area contributed by atoms with Gasteiger partial charge in [0.2, 0.25) is 16.0 Å². The number of nitrogens with two attached hydrogens (primary N) is 1. The van der Waals surface area contributed by atoms with Crippen LogP contribution in [0.2, 0.25) is 0 Å². The lowest BCUT2D eigenvalue weighted by Gasteiger charge is -2.10. The van der Waals surface area contributed by atoms with E-state index in [0.29, 0.717) is 11.0 Å². The minimum absolute atomic E-state index is 0.00917. The molecule has 0 unspecified atom stereocenters. The van der Waals surface area contributed by atoms with Crippen molar-refractivity contribution in [1.82, 2.24) is 8.96 Å². The summed E-state index contributed by atoms with van der Waals surface area (Å²) < 4.78 is 25.2. The van der Waals surface area contributed by atoms with Crippen LogP contribution in [0.25, 0.3) is 11.0 Å². The Hall–Kier alpha value is -1.56. The molecule has 1 aromatic heterocycles. The molecule has 0 radical (unpaired) electrons. The predicted molar refractivity (Wildman–Crippen MR) is 74.9 cm³/mol. The molecule has 0 bridgehead atoms. The number of hydrogen-bond acceptors (Lipinski definition) is 4. The quantitative estimate of drug-likeness (QED) is 0.906. The lowest BCUT2D eigenvalue weighted by molar-refractivity contribution is 0.580. The first-order valence-corrected chi connectivity index (χ1v) is 7.42. The predicted octanol–water partition coefficient (Wildman–Crippen LogP) is 2.23. The summed E-state index contributed by atoms with van der Waals surface area (Å²) in [6.45, 7) is 7.23. The average molecular weight is 269 g/mol. The smallest absolute Gasteiger partial charge is 0.244 e. The van der Waals surface area contributed by atoms with Gasteiger partial charge < -0.3 is 5.73 Å². The van der Waals surface area contributed by atoms with Crippen LogP contribution in [0.4, 0.5) is 5.95 Å². The van der Waals surface area contributed by atoms with Gasteiger partial charge in [-0.3, -0.25) is 0 Å². The Morgan fingerprint density at radius 1 is 1.22 bits per heavy atom. The van der Waals surface area contributed by atoms with Crippen molar-refractivity contribution in [2.45, 2.75) is 32.9 Å². The lowest BCUT2D eigenvalue weighted by atomic mass is 10.3. The van der Waals surface area contributed by atoms with Crippen molar-refractivity contribution in [3.8, 4) is 0 Å². The molecule has 5 nitrogen and oxygen atoms in total. The van der Waals surface area contributed by atoms with Gasteiger partial charge in [0, 0.05) is 0 Å². The number of para-hydroxylation sites is 2. The Bertz CT molecular complexity index is 630. The van der Waals surface area contributed by atoms with Crippen LogP contribution in [0.3, 0.4) is 0 Å². The second-order valence-corrected chi connectivity index (χ2v) is 6.15. The zero-order valence-corrected chi connectivity index (χ0v) is 11.9. The molecule has 0 spiro atoms. The fourth-order valence-corrected chi connectivity index (χ4v) is 2.65. The maximum Gasteiger partial charge on any atom is 0.244 e. The third-order valence-corrected chi connectivity index (χ3v) is 4.48. The molecule has 1 aromatic carbocycles. The van der Waals surface area contributed by atoms with Gasteiger partial charge >= 0.3 is 0 Å². The van der Waals surface area contributed by atoms with Gasteiger partial charge in [0.05, 0.1) is 16.3 Å². The van der Waals surface area contributed by atoms with E-state index in [2.05, 4.69) is 4.98 Å². The van der Waals surface area contributed by atoms with Crippen molar-refractivity contribution >= 4 is 27.0 Å². The summed E-state index contributed by atoms with van der Waals surface area (Å²) in [5.74, 6) is 0.00917. The first kappa shape index (κ1) is 14.5. The number of benzene rings is 1. The fourth-order valence-electron chi connectivity index (χ4n) is 1.50. The van der Waals surface area contributed by atoms with Crippen molar-refractivity contribution in [2.24, 2.45) is 0 Å². The Morgan fingerprint density at radius 2 is 1.78 bits per heavy atom. The third kappa shape index (κ3) is 2.33. The molecule has 0 aliphatic heterocycles. The van der Waals surface area contributed by atoms with Crippen molar-refractivity contribution < 1.29 is 8.42 Å². The van der Waals surface area contributed by atoms with E-state index >= 15 is 0 Å². The summed E-state index contributed by atoms with van der Waals surface area (Å²) >= 11 is 0. The van der Waals surface area contributed by atoms with E-state index in [9.17, 15) is 8.42 Å². The number of imidazole rings is 1. The molecular weight excluding hydrogens is 250 g/mol. The zero-order valence-electron chi connectivity index (χ0n) is 11.1. The molecule has 0 saturated carbocycles. The van der Waals surface area contributed by atoms with Crippen LogP contribution >= 0.6 is 0 Å². The van der Waals surface area contributed by atoms with Gasteiger partial charge in [0.25, 0.3) is 0 Å². The number of nitrogens with zero attached hydrogens (tertiary/aromatic N) is 2. The highest BCUT2D eigenvalue weighted by atomic mass is 32.2. The summed E-state index contributed by atoms with van der Waals surface area (Å²) in [5, 5.41) is -0.535. The van der Waals surface area contributed by atoms with Crippen LogP contribution in [-0.4, -0.2) is 22.6 Å². The van der Waals surface area contributed by atoms with Crippen LogP contribution in [0, 0.1) is 0 Å². The highest BCUT2D eigenvalue weighted by Gasteiger charge is 2.23. The molecule has 2 N–H and O–H groups in total. The maximum atomic E-state index is 12.1. The minimum atomic E-state index is -3.46. The van der Waals surface area contributed by atoms with Crippen molar-refractivity contribution in [2.75, 3.05) is 5.73 Å². The van der Waals surface area contributed by atoms with Gasteiger partial charge in [0.15, 0.2) is 0 Å². The van der Waals surface area contributed by atoms with E-state index in [4.69, 9.17) is 5.73 Å². The number of fused-ring (bicyclic) bond motifs is 1. The van der Waals surface area contributed by atoms with E-state index in [1.54, 1.807) is 38.1 Å². The summed E-state index contributed by atoms with van der Waals surface area (Å²) in [6, 6.07) is 6.98. The number of nitrogen functional groups attached to an aromatic ring is 1. The molecular formula is C12H19N3O2S. The number of hydrogen-bond donors (Lipinski definition) is 1. The molecule has 2 rings (SSSR count). The molecule has 1 heterocycles. The number of aromatic nitrogens is 2. The fraction of sp³-hybridized carbons (Fsp3) is 0.417. The van der Waals surface area contributed by atoms with Gasteiger partial charge in [-0.15, -0.1) is 0 Å². The second-order valence-electron chi connectivity index (χ2n) is 3.82. The number of anilines is 1. The molecule has 18 heavy (non-hydrogen) atoms. The zero-order chi connectivity index (χ0) is 13.9. The maximum absolute atomic E-state index is 12.1. The van der Waals surface area contributed by atoms with Crippen LogP contribution in [0.15, 0.2) is 24.3 Å². The molecule has 2 aromatic rings. The highest BCUT2D eigenvalue weighted by Crippen LogP contribution is 2.21.